The first-order valence-electron chi connectivity index (χ1n) is 3.43. The van der Waals surface area contributed by atoms with Gasteiger partial charge in [0.25, 0.3) is 0 Å². The average Bonchev–Trinajstić information content (AvgIpc) is 1.85. The van der Waals surface area contributed by atoms with Crippen LogP contribution in [0.1, 0.15) is 13.3 Å². The fourth-order valence-corrected chi connectivity index (χ4v) is 0.720. The van der Waals surface area contributed by atoms with E-state index in [9.17, 15) is 4.79 Å². The number of rotatable bonds is 4. The van der Waals surface area contributed by atoms with Crippen molar-refractivity contribution in [2.75, 3.05) is 20.6 Å². The van der Waals surface area contributed by atoms with Crippen LogP contribution in [0.4, 0.5) is 0 Å². The van der Waals surface area contributed by atoms with Gasteiger partial charge in [0, 0.05) is 18.5 Å². The van der Waals surface area contributed by atoms with Crippen molar-refractivity contribution < 1.29 is 4.79 Å². The molecule has 58 valence electrons. The van der Waals surface area contributed by atoms with E-state index in [0.29, 0.717) is 18.5 Å². The third kappa shape index (κ3) is 3.41. The minimum atomic E-state index is 0.161. The van der Waals surface area contributed by atoms with Crippen LogP contribution in [0.25, 0.3) is 0 Å². The maximum atomic E-state index is 10.9. The summed E-state index contributed by atoms with van der Waals surface area (Å²) in [6.45, 7) is 6.20. The lowest BCUT2D eigenvalue weighted by molar-refractivity contribution is -0.115. The molecule has 0 saturated heterocycles. The van der Waals surface area contributed by atoms with E-state index in [4.69, 9.17) is 0 Å². The summed E-state index contributed by atoms with van der Waals surface area (Å²) in [5, 5.41) is 0. The van der Waals surface area contributed by atoms with Crippen LogP contribution in [0, 0.1) is 0 Å². The molecule has 0 aromatic heterocycles. The normalized spacial score (nSPS) is 10.0. The van der Waals surface area contributed by atoms with Crippen LogP contribution in [0.15, 0.2) is 12.2 Å². The van der Waals surface area contributed by atoms with Gasteiger partial charge in [0.15, 0.2) is 5.78 Å². The fraction of sp³-hybridized carbons (Fsp3) is 0.625. The second kappa shape index (κ2) is 4.23. The molecule has 0 aliphatic heterocycles. The Bertz CT molecular complexity index is 138. The van der Waals surface area contributed by atoms with Crippen LogP contribution in [-0.2, 0) is 4.79 Å². The van der Waals surface area contributed by atoms with Crippen LogP contribution < -0.4 is 0 Å². The molecule has 0 radical (unpaired) electrons. The maximum Gasteiger partial charge on any atom is 0.159 e. The number of hydrogen-bond acceptors (Lipinski definition) is 2. The van der Waals surface area contributed by atoms with E-state index >= 15 is 0 Å². The van der Waals surface area contributed by atoms with E-state index in [0.717, 1.165) is 0 Å². The number of hydrogen-bond donors (Lipinski definition) is 0. The minimum absolute atomic E-state index is 0.161. The second-order valence-electron chi connectivity index (χ2n) is 2.62. The van der Waals surface area contributed by atoms with Gasteiger partial charge in [0.05, 0.1) is 0 Å². The van der Waals surface area contributed by atoms with Crippen molar-refractivity contribution in [3.8, 4) is 0 Å². The summed E-state index contributed by atoms with van der Waals surface area (Å²) in [6, 6.07) is 0. The largest absolute Gasteiger partial charge is 0.305 e. The first-order valence-corrected chi connectivity index (χ1v) is 3.43. The third-order valence-electron chi connectivity index (χ3n) is 1.22. The van der Waals surface area contributed by atoms with Crippen molar-refractivity contribution >= 4 is 5.78 Å². The SMILES string of the molecule is C=C(CN(C)C)C(=O)CC. The molecule has 2 heteroatoms. The summed E-state index contributed by atoms with van der Waals surface area (Å²) >= 11 is 0. The van der Waals surface area contributed by atoms with Crippen LogP contribution in [0.3, 0.4) is 0 Å². The van der Waals surface area contributed by atoms with Gasteiger partial charge in [-0.25, -0.2) is 0 Å². The zero-order valence-corrected chi connectivity index (χ0v) is 6.98. The van der Waals surface area contributed by atoms with Gasteiger partial charge in [-0.2, -0.15) is 0 Å². The predicted octanol–water partition coefficient (Wildman–Crippen LogP) is 1.08. The lowest BCUT2D eigenvalue weighted by atomic mass is 10.1. The highest BCUT2D eigenvalue weighted by molar-refractivity contribution is 5.94. The quantitative estimate of drug-likeness (QED) is 0.546. The highest BCUT2D eigenvalue weighted by atomic mass is 16.1. The van der Waals surface area contributed by atoms with Crippen molar-refractivity contribution in [2.45, 2.75) is 13.3 Å². The van der Waals surface area contributed by atoms with Gasteiger partial charge in [0.1, 0.15) is 0 Å². The summed E-state index contributed by atoms with van der Waals surface area (Å²) in [7, 11) is 3.85. The number of Topliss-reactive ketones (excluding diaryl/α,β-unsaturated/α-hetero) is 1. The molecular formula is C8H15NO. The zero-order chi connectivity index (χ0) is 8.15. The summed E-state index contributed by atoms with van der Waals surface area (Å²) in [6.07, 6.45) is 0.562. The fourth-order valence-electron chi connectivity index (χ4n) is 0.720. The second-order valence-corrected chi connectivity index (χ2v) is 2.62. The molecule has 10 heavy (non-hydrogen) atoms. The minimum Gasteiger partial charge on any atom is -0.305 e. The molecule has 0 unspecified atom stereocenters. The predicted molar refractivity (Wildman–Crippen MR) is 43.0 cm³/mol. The highest BCUT2D eigenvalue weighted by Gasteiger charge is 2.03. The van der Waals surface area contributed by atoms with Gasteiger partial charge < -0.3 is 4.90 Å². The molecule has 0 amide bonds. The Kier molecular flexibility index (Phi) is 3.96. The third-order valence-corrected chi connectivity index (χ3v) is 1.22. The Morgan fingerprint density at radius 2 is 2.00 bits per heavy atom. The van der Waals surface area contributed by atoms with Gasteiger partial charge in [0.2, 0.25) is 0 Å². The van der Waals surface area contributed by atoms with E-state index in [1.54, 1.807) is 0 Å². The van der Waals surface area contributed by atoms with Crippen molar-refractivity contribution in [3.05, 3.63) is 12.2 Å². The van der Waals surface area contributed by atoms with E-state index < -0.39 is 0 Å². The number of carbonyl (C=O) groups excluding carboxylic acids is 1. The Balaban J connectivity index is 3.74. The Labute approximate surface area is 62.5 Å². The molecule has 0 aromatic rings. The van der Waals surface area contributed by atoms with Gasteiger partial charge >= 0.3 is 0 Å². The maximum absolute atomic E-state index is 10.9. The van der Waals surface area contributed by atoms with Crippen molar-refractivity contribution in [1.82, 2.24) is 4.90 Å². The van der Waals surface area contributed by atoms with Gasteiger partial charge in [-0.05, 0) is 14.1 Å². The Hall–Kier alpha value is -0.630. The topological polar surface area (TPSA) is 20.3 Å². The number of carbonyl (C=O) groups is 1. The zero-order valence-electron chi connectivity index (χ0n) is 6.98. The standard InChI is InChI=1S/C8H15NO/c1-5-8(10)7(2)6-9(3)4/h2,5-6H2,1,3-4H3. The summed E-state index contributed by atoms with van der Waals surface area (Å²) in [5.41, 5.74) is 0.701. The number of nitrogens with zero attached hydrogens (tertiary/aromatic N) is 1. The molecule has 2 nitrogen and oxygen atoms in total. The summed E-state index contributed by atoms with van der Waals surface area (Å²) in [4.78, 5) is 12.9. The molecule has 0 aliphatic carbocycles. The van der Waals surface area contributed by atoms with Crippen molar-refractivity contribution in [1.29, 1.82) is 0 Å². The molecule has 0 heterocycles. The van der Waals surface area contributed by atoms with Crippen LogP contribution in [0.2, 0.25) is 0 Å². The van der Waals surface area contributed by atoms with Crippen LogP contribution in [-0.4, -0.2) is 31.3 Å². The molecule has 0 atom stereocenters. The van der Waals surface area contributed by atoms with E-state index in [-0.39, 0.29) is 5.78 Å². The summed E-state index contributed by atoms with van der Waals surface area (Å²) in [5.74, 6) is 0.161. The lowest BCUT2D eigenvalue weighted by Crippen LogP contribution is -2.18. The highest BCUT2D eigenvalue weighted by Crippen LogP contribution is 1.96. The number of likely N-dealkylation sites (N-methyl/N-ethyl adjacent to an activating group) is 1. The first kappa shape index (κ1) is 9.37. The first-order chi connectivity index (χ1) is 4.57. The molecule has 0 saturated carbocycles. The molecule has 0 bridgehead atoms. The molecule has 0 spiro atoms. The molecule has 0 fully saturated rings. The molecule has 0 aliphatic rings. The monoisotopic (exact) mass is 141 g/mol. The van der Waals surface area contributed by atoms with E-state index in [1.807, 2.05) is 25.9 Å². The van der Waals surface area contributed by atoms with E-state index in [1.165, 1.54) is 0 Å². The molecule has 0 rings (SSSR count). The average molecular weight is 141 g/mol. The lowest BCUT2D eigenvalue weighted by Gasteiger charge is -2.09. The van der Waals surface area contributed by atoms with Crippen LogP contribution >= 0.6 is 0 Å². The number of ketones is 1. The van der Waals surface area contributed by atoms with Crippen molar-refractivity contribution in [2.24, 2.45) is 0 Å². The van der Waals surface area contributed by atoms with Crippen molar-refractivity contribution in [3.63, 3.8) is 0 Å². The van der Waals surface area contributed by atoms with E-state index in [2.05, 4.69) is 6.58 Å². The van der Waals surface area contributed by atoms with Crippen LogP contribution in [0.5, 0.6) is 0 Å². The smallest absolute Gasteiger partial charge is 0.159 e. The summed E-state index contributed by atoms with van der Waals surface area (Å²) < 4.78 is 0. The Morgan fingerprint density at radius 3 is 2.30 bits per heavy atom. The molecular weight excluding hydrogens is 126 g/mol. The molecule has 0 aromatic carbocycles. The van der Waals surface area contributed by atoms with Gasteiger partial charge in [-0.1, -0.05) is 13.5 Å². The Morgan fingerprint density at radius 1 is 1.50 bits per heavy atom. The molecule has 0 N–H and O–H groups in total. The van der Waals surface area contributed by atoms with Gasteiger partial charge in [-0.15, -0.1) is 0 Å². The van der Waals surface area contributed by atoms with Gasteiger partial charge in [-0.3, -0.25) is 4.79 Å².